The third-order valence-electron chi connectivity index (χ3n) is 6.14. The van der Waals surface area contributed by atoms with Crippen molar-refractivity contribution in [2.45, 2.75) is 25.1 Å². The highest BCUT2D eigenvalue weighted by Gasteiger charge is 2.33. The van der Waals surface area contributed by atoms with Crippen LogP contribution in [0.25, 0.3) is 10.2 Å². The Kier molecular flexibility index (Phi) is 5.78. The number of carbonyl (C=O) groups is 1. The van der Waals surface area contributed by atoms with Gasteiger partial charge in [0.25, 0.3) is 0 Å². The number of hydrogen-bond donors (Lipinski definition) is 4. The Morgan fingerprint density at radius 3 is 2.80 bits per heavy atom. The van der Waals surface area contributed by atoms with Gasteiger partial charge < -0.3 is 20.5 Å². The highest BCUT2D eigenvalue weighted by atomic mass is 32.1. The maximum atomic E-state index is 13.3. The van der Waals surface area contributed by atoms with Crippen LogP contribution in [0.2, 0.25) is 0 Å². The number of nitrogens with one attached hydrogen (secondary N) is 3. The number of pyridine rings is 2. The molecule has 6 rings (SSSR count). The lowest BCUT2D eigenvalue weighted by Crippen LogP contribution is -2.44. The van der Waals surface area contributed by atoms with Crippen molar-refractivity contribution >= 4 is 44.8 Å². The Hall–Kier alpha value is -3.57. The number of aromatic nitrogens is 2. The van der Waals surface area contributed by atoms with Gasteiger partial charge >= 0.3 is 6.03 Å². The van der Waals surface area contributed by atoms with Crippen LogP contribution in [0.5, 0.6) is 11.5 Å². The number of rotatable bonds is 6. The first-order chi connectivity index (χ1) is 17.2. The normalized spacial score (nSPS) is 18.4. The summed E-state index contributed by atoms with van der Waals surface area (Å²) in [5, 5.41) is 21.4. The zero-order valence-corrected chi connectivity index (χ0v) is 19.6. The molecule has 2 aliphatic rings. The van der Waals surface area contributed by atoms with Gasteiger partial charge in [-0.1, -0.05) is 18.2 Å². The highest BCUT2D eigenvalue weighted by Crippen LogP contribution is 2.47. The van der Waals surface area contributed by atoms with E-state index < -0.39 is 6.23 Å². The second kappa shape index (κ2) is 9.23. The van der Waals surface area contributed by atoms with E-state index in [2.05, 4.69) is 25.9 Å². The van der Waals surface area contributed by atoms with E-state index in [1.165, 1.54) is 16.2 Å². The number of para-hydroxylation sites is 1. The van der Waals surface area contributed by atoms with Crippen LogP contribution in [0.15, 0.2) is 60.9 Å². The Bertz CT molecular complexity index is 1360. The molecule has 0 aliphatic carbocycles. The van der Waals surface area contributed by atoms with Crippen molar-refractivity contribution < 1.29 is 14.6 Å². The fourth-order valence-corrected chi connectivity index (χ4v) is 5.57. The molecular formula is C25H24N6O3S. The van der Waals surface area contributed by atoms with E-state index in [0.29, 0.717) is 33.6 Å². The minimum atomic E-state index is -0.902. The number of anilines is 3. The summed E-state index contributed by atoms with van der Waals surface area (Å²) >= 11 is 1.38. The average molecular weight is 489 g/mol. The molecular weight excluding hydrogens is 464 g/mol. The Morgan fingerprint density at radius 1 is 1.14 bits per heavy atom. The van der Waals surface area contributed by atoms with Crippen molar-refractivity contribution in [2.75, 3.05) is 23.3 Å². The summed E-state index contributed by atoms with van der Waals surface area (Å²) in [6.07, 6.45) is 4.41. The molecule has 0 bridgehead atoms. The van der Waals surface area contributed by atoms with Crippen molar-refractivity contribution in [3.63, 3.8) is 0 Å². The molecule has 9 nitrogen and oxygen atoms in total. The van der Waals surface area contributed by atoms with Crippen LogP contribution in [0.4, 0.5) is 22.0 Å². The molecule has 0 radical (unpaired) electrons. The lowest BCUT2D eigenvalue weighted by molar-refractivity contribution is 0.120. The van der Waals surface area contributed by atoms with Crippen LogP contribution in [-0.4, -0.2) is 40.2 Å². The predicted molar refractivity (Wildman–Crippen MR) is 136 cm³/mol. The van der Waals surface area contributed by atoms with Crippen molar-refractivity contribution in [2.24, 2.45) is 0 Å². The molecule has 4 aromatic rings. The van der Waals surface area contributed by atoms with Crippen LogP contribution in [-0.2, 0) is 0 Å². The van der Waals surface area contributed by atoms with E-state index in [9.17, 15) is 9.90 Å². The first-order valence-electron chi connectivity index (χ1n) is 11.5. The Morgan fingerprint density at radius 2 is 2.03 bits per heavy atom. The summed E-state index contributed by atoms with van der Waals surface area (Å²) in [6.45, 7) is 1.80. The summed E-state index contributed by atoms with van der Waals surface area (Å²) in [5.41, 5.74) is 1.27. The first-order valence-corrected chi connectivity index (χ1v) is 12.4. The topological polar surface area (TPSA) is 112 Å². The van der Waals surface area contributed by atoms with Crippen LogP contribution >= 0.6 is 11.3 Å². The summed E-state index contributed by atoms with van der Waals surface area (Å²) in [6, 6.07) is 14.6. The van der Waals surface area contributed by atoms with Crippen molar-refractivity contribution in [3.8, 4) is 11.5 Å². The smallest absolute Gasteiger partial charge is 0.332 e. The van der Waals surface area contributed by atoms with Gasteiger partial charge in [-0.25, -0.2) is 19.7 Å². The number of hydrogen-bond acceptors (Lipinski definition) is 8. The van der Waals surface area contributed by atoms with E-state index in [-0.39, 0.29) is 12.1 Å². The molecule has 178 valence electrons. The van der Waals surface area contributed by atoms with E-state index in [0.717, 1.165) is 36.1 Å². The fraction of sp³-hybridized carbons (Fsp3) is 0.240. The third-order valence-corrected chi connectivity index (χ3v) is 7.29. The molecule has 35 heavy (non-hydrogen) atoms. The number of ether oxygens (including phenoxy) is 1. The maximum absolute atomic E-state index is 13.3. The van der Waals surface area contributed by atoms with Gasteiger partial charge in [0.05, 0.1) is 27.8 Å². The number of nitrogens with zero attached hydrogens (tertiary/aromatic N) is 3. The molecule has 1 fully saturated rings. The van der Waals surface area contributed by atoms with E-state index in [4.69, 9.17) is 4.74 Å². The maximum Gasteiger partial charge on any atom is 0.332 e. The number of thiophene rings is 1. The largest absolute Gasteiger partial charge is 0.456 e. The predicted octanol–water partition coefficient (Wildman–Crippen LogP) is 4.50. The number of carbonyl (C=O) groups excluding carboxylic acids is 1. The molecule has 2 atom stereocenters. The summed E-state index contributed by atoms with van der Waals surface area (Å²) < 4.78 is 5.82. The van der Waals surface area contributed by atoms with Gasteiger partial charge in [0.2, 0.25) is 0 Å². The van der Waals surface area contributed by atoms with Crippen LogP contribution in [0.3, 0.4) is 0 Å². The Balaban J connectivity index is 1.30. The average Bonchev–Trinajstić information content (AvgIpc) is 3.26. The molecule has 0 saturated carbocycles. The monoisotopic (exact) mass is 488 g/mol. The lowest BCUT2D eigenvalue weighted by Gasteiger charge is -2.29. The zero-order chi connectivity index (χ0) is 23.8. The molecule has 2 amide bonds. The molecule has 3 aromatic heterocycles. The van der Waals surface area contributed by atoms with Gasteiger partial charge in [0.1, 0.15) is 28.4 Å². The highest BCUT2D eigenvalue weighted by molar-refractivity contribution is 7.19. The van der Waals surface area contributed by atoms with E-state index in [1.54, 1.807) is 30.6 Å². The lowest BCUT2D eigenvalue weighted by atomic mass is 10.1. The molecule has 1 saturated heterocycles. The molecule has 4 N–H and O–H groups in total. The summed E-state index contributed by atoms with van der Waals surface area (Å²) in [7, 11) is 0. The van der Waals surface area contributed by atoms with Crippen molar-refractivity contribution in [3.05, 3.63) is 65.8 Å². The van der Waals surface area contributed by atoms with Gasteiger partial charge in [-0.2, -0.15) is 0 Å². The van der Waals surface area contributed by atoms with Gasteiger partial charge in [-0.3, -0.25) is 5.32 Å². The molecule has 0 spiro atoms. The second-order valence-corrected chi connectivity index (χ2v) is 9.53. The molecule has 5 heterocycles. The van der Waals surface area contributed by atoms with E-state index >= 15 is 0 Å². The van der Waals surface area contributed by atoms with Crippen LogP contribution in [0, 0.1) is 0 Å². The number of benzene rings is 1. The van der Waals surface area contributed by atoms with Gasteiger partial charge in [-0.15, -0.1) is 11.3 Å². The minimum Gasteiger partial charge on any atom is -0.456 e. The third kappa shape index (κ3) is 4.21. The van der Waals surface area contributed by atoms with Crippen molar-refractivity contribution in [1.29, 1.82) is 0 Å². The van der Waals surface area contributed by atoms with Crippen LogP contribution < -0.4 is 25.6 Å². The fourth-order valence-electron chi connectivity index (χ4n) is 4.51. The summed E-state index contributed by atoms with van der Waals surface area (Å²) in [5.74, 6) is 1.74. The number of piperidine rings is 1. The van der Waals surface area contributed by atoms with Crippen molar-refractivity contribution in [1.82, 2.24) is 20.6 Å². The van der Waals surface area contributed by atoms with Gasteiger partial charge in [0, 0.05) is 18.8 Å². The molecule has 10 heteroatoms. The van der Waals surface area contributed by atoms with Gasteiger partial charge in [-0.05, 0) is 49.7 Å². The first kappa shape index (κ1) is 21.9. The number of urea groups is 1. The number of aliphatic hydroxyl groups is 1. The standard InChI is InChI=1S/C25H24N6O3S/c32-23(29-15-5-4-11-26-13-15)22-21-20-18(10-12-27-24(20)35-22)31(25(33)30-21)19-9-8-17(14-28-19)34-16-6-2-1-3-7-16/h1-3,6-10,12,14-15,23,26,29,32H,4-5,11,13H2,(H,30,33)/t15-,23?/m1/s1. The SMILES string of the molecule is O=C1Nc2c(C(O)N[C@@H]3CCCNC3)sc3nccc(c23)N1c1ccc(Oc2ccccc2)cn1. The van der Waals surface area contributed by atoms with Crippen LogP contribution in [0.1, 0.15) is 23.9 Å². The van der Waals surface area contributed by atoms with E-state index in [1.807, 2.05) is 30.3 Å². The number of amides is 2. The molecule has 1 unspecified atom stereocenters. The quantitative estimate of drug-likeness (QED) is 0.296. The zero-order valence-electron chi connectivity index (χ0n) is 18.8. The summed E-state index contributed by atoms with van der Waals surface area (Å²) in [4.78, 5) is 25.1. The number of aliphatic hydroxyl groups excluding tert-OH is 1. The molecule has 2 aliphatic heterocycles. The Labute approximate surface area is 205 Å². The second-order valence-electron chi connectivity index (χ2n) is 8.50. The van der Waals surface area contributed by atoms with Gasteiger partial charge in [0.15, 0.2) is 0 Å². The molecule has 1 aromatic carbocycles. The minimum absolute atomic E-state index is 0.167.